The number of nitrogens with zero attached hydrogens (tertiary/aromatic N) is 2. The molecule has 2 aliphatic heterocycles. The summed E-state index contributed by atoms with van der Waals surface area (Å²) in [5.41, 5.74) is -0.195. The van der Waals surface area contributed by atoms with Gasteiger partial charge in [-0.1, -0.05) is 12.8 Å². The molecule has 3 fully saturated rings. The number of morpholine rings is 1. The molecule has 22 heavy (non-hydrogen) atoms. The lowest BCUT2D eigenvalue weighted by atomic mass is 9.92. The fraction of sp³-hybridized carbons (Fsp3) is 0.941. The Bertz CT molecular complexity index is 376. The van der Waals surface area contributed by atoms with Gasteiger partial charge in [-0.05, 0) is 45.2 Å². The molecule has 5 nitrogen and oxygen atoms in total. The molecular weight excluding hydrogens is 280 g/mol. The maximum Gasteiger partial charge on any atom is 0.243 e. The van der Waals surface area contributed by atoms with Crippen LogP contribution in [-0.2, 0) is 14.3 Å². The number of carbonyl (C=O) groups excluding carboxylic acids is 1. The first-order valence-electron chi connectivity index (χ1n) is 8.91. The SMILES string of the molecule is COCC[C@H]1CN(C(=O)C2(N3CCCC3)CCCC2)CCO1. The summed E-state index contributed by atoms with van der Waals surface area (Å²) >= 11 is 0. The molecule has 0 spiro atoms. The van der Waals surface area contributed by atoms with E-state index in [1.807, 2.05) is 0 Å². The molecule has 5 heteroatoms. The Kier molecular flexibility index (Phi) is 5.37. The van der Waals surface area contributed by atoms with Gasteiger partial charge in [-0.15, -0.1) is 0 Å². The number of ether oxygens (including phenoxy) is 2. The minimum Gasteiger partial charge on any atom is -0.385 e. The molecule has 2 heterocycles. The highest BCUT2D eigenvalue weighted by Gasteiger charge is 2.49. The zero-order valence-electron chi connectivity index (χ0n) is 13.9. The summed E-state index contributed by atoms with van der Waals surface area (Å²) in [7, 11) is 1.71. The quantitative estimate of drug-likeness (QED) is 0.774. The monoisotopic (exact) mass is 310 g/mol. The van der Waals surface area contributed by atoms with Crippen LogP contribution in [0.25, 0.3) is 0 Å². The number of methoxy groups -OCH3 is 1. The number of hydrogen-bond donors (Lipinski definition) is 0. The molecule has 1 aliphatic carbocycles. The maximum atomic E-state index is 13.3. The lowest BCUT2D eigenvalue weighted by Crippen LogP contribution is -2.60. The van der Waals surface area contributed by atoms with Gasteiger partial charge in [-0.3, -0.25) is 9.69 Å². The first-order chi connectivity index (χ1) is 10.8. The van der Waals surface area contributed by atoms with Crippen LogP contribution < -0.4 is 0 Å². The maximum absolute atomic E-state index is 13.3. The van der Waals surface area contributed by atoms with Crippen molar-refractivity contribution in [2.75, 3.05) is 46.5 Å². The highest BCUT2D eigenvalue weighted by molar-refractivity contribution is 5.87. The van der Waals surface area contributed by atoms with E-state index in [4.69, 9.17) is 9.47 Å². The van der Waals surface area contributed by atoms with Crippen molar-refractivity contribution in [1.82, 2.24) is 9.80 Å². The van der Waals surface area contributed by atoms with Gasteiger partial charge in [0.2, 0.25) is 5.91 Å². The number of rotatable bonds is 5. The first-order valence-corrected chi connectivity index (χ1v) is 8.91. The van der Waals surface area contributed by atoms with Crippen LogP contribution in [0.15, 0.2) is 0 Å². The van der Waals surface area contributed by atoms with Crippen molar-refractivity contribution in [1.29, 1.82) is 0 Å². The van der Waals surface area contributed by atoms with Gasteiger partial charge in [-0.25, -0.2) is 0 Å². The molecule has 126 valence electrons. The highest BCUT2D eigenvalue weighted by Crippen LogP contribution is 2.39. The smallest absolute Gasteiger partial charge is 0.243 e. The summed E-state index contributed by atoms with van der Waals surface area (Å²) in [5, 5.41) is 0. The van der Waals surface area contributed by atoms with E-state index in [1.54, 1.807) is 7.11 Å². The lowest BCUT2D eigenvalue weighted by Gasteiger charge is -2.43. The molecule has 0 radical (unpaired) electrons. The predicted octanol–water partition coefficient (Wildman–Crippen LogP) is 1.66. The van der Waals surface area contributed by atoms with Crippen molar-refractivity contribution in [2.24, 2.45) is 0 Å². The second-order valence-electron chi connectivity index (χ2n) is 6.96. The van der Waals surface area contributed by atoms with Crippen LogP contribution in [0.1, 0.15) is 44.9 Å². The van der Waals surface area contributed by atoms with E-state index in [9.17, 15) is 4.79 Å². The summed E-state index contributed by atoms with van der Waals surface area (Å²) in [6.45, 7) is 5.04. The standard InChI is InChI=1S/C17H30N2O3/c1-21-12-6-15-14-18(11-13-22-15)16(20)17(7-2-3-8-17)19-9-4-5-10-19/h15H,2-14H2,1H3/t15-/m0/s1. The molecule has 0 aromatic heterocycles. The van der Waals surface area contributed by atoms with Gasteiger partial charge in [0.1, 0.15) is 5.54 Å². The van der Waals surface area contributed by atoms with Crippen LogP contribution in [0.5, 0.6) is 0 Å². The molecule has 0 unspecified atom stereocenters. The average Bonchev–Trinajstić information content (AvgIpc) is 3.24. The molecule has 1 saturated carbocycles. The lowest BCUT2D eigenvalue weighted by molar-refractivity contribution is -0.152. The summed E-state index contributed by atoms with van der Waals surface area (Å²) < 4.78 is 10.9. The van der Waals surface area contributed by atoms with Crippen molar-refractivity contribution < 1.29 is 14.3 Å². The number of amides is 1. The van der Waals surface area contributed by atoms with Gasteiger partial charge >= 0.3 is 0 Å². The van der Waals surface area contributed by atoms with Gasteiger partial charge in [-0.2, -0.15) is 0 Å². The van der Waals surface area contributed by atoms with Crippen LogP contribution in [-0.4, -0.2) is 73.9 Å². The molecule has 0 bridgehead atoms. The molecule has 1 amide bonds. The third-order valence-corrected chi connectivity index (χ3v) is 5.61. The molecule has 3 aliphatic rings. The van der Waals surface area contributed by atoms with Crippen molar-refractivity contribution >= 4 is 5.91 Å². The summed E-state index contributed by atoms with van der Waals surface area (Å²) in [5.74, 6) is 0.373. The van der Waals surface area contributed by atoms with E-state index in [1.165, 1.54) is 25.7 Å². The van der Waals surface area contributed by atoms with E-state index in [0.717, 1.165) is 45.4 Å². The van der Waals surface area contributed by atoms with Crippen LogP contribution >= 0.6 is 0 Å². The van der Waals surface area contributed by atoms with E-state index in [2.05, 4.69) is 9.80 Å². The van der Waals surface area contributed by atoms with E-state index >= 15 is 0 Å². The van der Waals surface area contributed by atoms with Crippen LogP contribution in [0.3, 0.4) is 0 Å². The van der Waals surface area contributed by atoms with Crippen LogP contribution in [0.2, 0.25) is 0 Å². The minimum absolute atomic E-state index is 0.134. The third-order valence-electron chi connectivity index (χ3n) is 5.61. The summed E-state index contributed by atoms with van der Waals surface area (Å²) in [6, 6.07) is 0. The Labute approximate surface area is 133 Å². The van der Waals surface area contributed by atoms with Gasteiger partial charge in [0.05, 0.1) is 12.7 Å². The molecular formula is C17H30N2O3. The molecule has 2 saturated heterocycles. The van der Waals surface area contributed by atoms with E-state index in [0.29, 0.717) is 19.1 Å². The molecule has 0 aromatic rings. The fourth-order valence-electron chi connectivity index (χ4n) is 4.39. The Morgan fingerprint density at radius 1 is 1.18 bits per heavy atom. The number of hydrogen-bond acceptors (Lipinski definition) is 4. The predicted molar refractivity (Wildman–Crippen MR) is 84.8 cm³/mol. The first kappa shape index (κ1) is 16.2. The van der Waals surface area contributed by atoms with Gasteiger partial charge in [0.25, 0.3) is 0 Å². The summed E-state index contributed by atoms with van der Waals surface area (Å²) in [6.07, 6.45) is 7.98. The van der Waals surface area contributed by atoms with Gasteiger partial charge in [0, 0.05) is 26.8 Å². The molecule has 3 rings (SSSR count). The highest BCUT2D eigenvalue weighted by atomic mass is 16.5. The Morgan fingerprint density at radius 2 is 1.91 bits per heavy atom. The van der Waals surface area contributed by atoms with Gasteiger partial charge < -0.3 is 14.4 Å². The van der Waals surface area contributed by atoms with E-state index in [-0.39, 0.29) is 11.6 Å². The Morgan fingerprint density at radius 3 is 2.59 bits per heavy atom. The van der Waals surface area contributed by atoms with Crippen LogP contribution in [0.4, 0.5) is 0 Å². The fourth-order valence-corrected chi connectivity index (χ4v) is 4.39. The number of carbonyl (C=O) groups is 1. The summed E-state index contributed by atoms with van der Waals surface area (Å²) in [4.78, 5) is 17.9. The van der Waals surface area contributed by atoms with Crippen molar-refractivity contribution in [3.8, 4) is 0 Å². The normalized spacial score (nSPS) is 29.1. The van der Waals surface area contributed by atoms with Crippen molar-refractivity contribution in [2.45, 2.75) is 56.6 Å². The van der Waals surface area contributed by atoms with Crippen LogP contribution in [0, 0.1) is 0 Å². The van der Waals surface area contributed by atoms with E-state index < -0.39 is 0 Å². The molecule has 1 atom stereocenters. The minimum atomic E-state index is -0.195. The third kappa shape index (κ3) is 3.17. The zero-order chi connectivity index (χ0) is 15.4. The Hall–Kier alpha value is -0.650. The zero-order valence-corrected chi connectivity index (χ0v) is 13.9. The Balaban J connectivity index is 1.67. The topological polar surface area (TPSA) is 42.0 Å². The average molecular weight is 310 g/mol. The van der Waals surface area contributed by atoms with Gasteiger partial charge in [0.15, 0.2) is 0 Å². The van der Waals surface area contributed by atoms with Crippen molar-refractivity contribution in [3.05, 3.63) is 0 Å². The largest absolute Gasteiger partial charge is 0.385 e. The molecule has 0 N–H and O–H groups in total. The molecule has 0 aromatic carbocycles. The second kappa shape index (κ2) is 7.28. The van der Waals surface area contributed by atoms with Crippen molar-refractivity contribution in [3.63, 3.8) is 0 Å². The second-order valence-corrected chi connectivity index (χ2v) is 6.96. The number of likely N-dealkylation sites (tertiary alicyclic amines) is 1.